The lowest BCUT2D eigenvalue weighted by Crippen LogP contribution is -2.64. The Kier molecular flexibility index (Phi) is 31.3. The molecule has 292 valence electrons. The molecule has 0 aromatic carbocycles. The Bertz CT molecular complexity index is 721. The van der Waals surface area contributed by atoms with Crippen molar-refractivity contribution in [3.8, 4) is 0 Å². The maximum Gasteiger partial charge on any atom is 0.224 e. The largest absolute Gasteiger partial charge is 0.394 e. The van der Waals surface area contributed by atoms with E-state index in [9.17, 15) is 25.2 Å². The third-order valence-corrected chi connectivity index (χ3v) is 10.7. The van der Waals surface area contributed by atoms with Crippen LogP contribution in [0.15, 0.2) is 0 Å². The van der Waals surface area contributed by atoms with Crippen molar-refractivity contribution in [2.45, 2.75) is 250 Å². The van der Waals surface area contributed by atoms with E-state index in [1.165, 1.54) is 161 Å². The molecule has 0 aromatic rings. The van der Waals surface area contributed by atoms with Gasteiger partial charge in [-0.25, -0.2) is 0 Å². The van der Waals surface area contributed by atoms with Gasteiger partial charge in [0.2, 0.25) is 5.91 Å². The van der Waals surface area contributed by atoms with Crippen LogP contribution >= 0.6 is 0 Å². The molecule has 49 heavy (non-hydrogen) atoms. The number of aliphatic hydroxyl groups is 4. The molecule has 7 heteroatoms. The number of hydrogen-bond donors (Lipinski definition) is 4. The summed E-state index contributed by atoms with van der Waals surface area (Å²) >= 11 is 0. The zero-order valence-corrected chi connectivity index (χ0v) is 32.5. The average molecular weight is 698 g/mol. The molecule has 0 spiro atoms. The predicted molar refractivity (Wildman–Crippen MR) is 205 cm³/mol. The normalized spacial score (nSPS) is 21.0. The van der Waals surface area contributed by atoms with Crippen LogP contribution in [-0.4, -0.2) is 75.0 Å². The second-order valence-corrected chi connectivity index (χ2v) is 15.3. The van der Waals surface area contributed by atoms with E-state index in [2.05, 4.69) is 13.8 Å². The van der Waals surface area contributed by atoms with Gasteiger partial charge in [-0.2, -0.15) is 0 Å². The topological polar surface area (TPSA) is 110 Å². The monoisotopic (exact) mass is 698 g/mol. The van der Waals surface area contributed by atoms with Gasteiger partial charge >= 0.3 is 0 Å². The van der Waals surface area contributed by atoms with Crippen molar-refractivity contribution in [1.82, 2.24) is 4.90 Å². The zero-order valence-electron chi connectivity index (χ0n) is 32.5. The number of ether oxygens (including phenoxy) is 1. The van der Waals surface area contributed by atoms with Gasteiger partial charge in [-0.3, -0.25) is 4.79 Å². The van der Waals surface area contributed by atoms with Crippen molar-refractivity contribution < 1.29 is 30.0 Å². The van der Waals surface area contributed by atoms with Crippen LogP contribution in [0.4, 0.5) is 0 Å². The fourth-order valence-corrected chi connectivity index (χ4v) is 7.35. The van der Waals surface area contributed by atoms with Crippen LogP contribution in [0.3, 0.4) is 0 Å². The summed E-state index contributed by atoms with van der Waals surface area (Å²) in [6, 6.07) is 0. The lowest BCUT2D eigenvalue weighted by molar-refractivity contribution is -0.262. The molecule has 1 amide bonds. The highest BCUT2D eigenvalue weighted by molar-refractivity contribution is 5.76. The molecule has 1 saturated heterocycles. The van der Waals surface area contributed by atoms with Gasteiger partial charge in [0.25, 0.3) is 0 Å². The second kappa shape index (κ2) is 33.1. The molecule has 0 saturated carbocycles. The van der Waals surface area contributed by atoms with Crippen LogP contribution in [0.5, 0.6) is 0 Å². The number of amides is 1. The quantitative estimate of drug-likeness (QED) is 0.0491. The summed E-state index contributed by atoms with van der Waals surface area (Å²) in [5.41, 5.74) is 0. The molecule has 1 aliphatic heterocycles. The molecule has 4 N–H and O–H groups in total. The highest BCUT2D eigenvalue weighted by Crippen LogP contribution is 2.26. The minimum atomic E-state index is -1.47. The number of carbonyl (C=O) groups is 1. The molecule has 0 bridgehead atoms. The summed E-state index contributed by atoms with van der Waals surface area (Å²) in [7, 11) is 0. The molecule has 0 aliphatic carbocycles. The second-order valence-electron chi connectivity index (χ2n) is 15.3. The van der Waals surface area contributed by atoms with Crippen LogP contribution in [0.1, 0.15) is 219 Å². The maximum absolute atomic E-state index is 13.4. The third-order valence-electron chi connectivity index (χ3n) is 10.7. The van der Waals surface area contributed by atoms with Gasteiger partial charge in [0.15, 0.2) is 6.23 Å². The highest BCUT2D eigenvalue weighted by Gasteiger charge is 2.46. The lowest BCUT2D eigenvalue weighted by atomic mass is 9.97. The molecular formula is C42H83NO6. The molecule has 1 fully saturated rings. The molecule has 0 radical (unpaired) electrons. The van der Waals surface area contributed by atoms with Gasteiger partial charge in [0.05, 0.1) is 6.61 Å². The maximum atomic E-state index is 13.4. The summed E-state index contributed by atoms with van der Waals surface area (Å²) in [5.74, 6) is -0.0833. The van der Waals surface area contributed by atoms with Gasteiger partial charge in [0, 0.05) is 13.0 Å². The smallest absolute Gasteiger partial charge is 0.224 e. The molecule has 1 rings (SSSR count). The molecular weight excluding hydrogens is 614 g/mol. The number of rotatable bonds is 35. The zero-order chi connectivity index (χ0) is 35.8. The number of unbranched alkanes of at least 4 members (excludes halogenated alkanes) is 29. The number of hydrogen-bond acceptors (Lipinski definition) is 6. The minimum Gasteiger partial charge on any atom is -0.394 e. The van der Waals surface area contributed by atoms with Gasteiger partial charge in [-0.1, -0.05) is 200 Å². The van der Waals surface area contributed by atoms with Crippen molar-refractivity contribution in [2.24, 2.45) is 0 Å². The molecule has 7 nitrogen and oxygen atoms in total. The van der Waals surface area contributed by atoms with E-state index in [4.69, 9.17) is 4.74 Å². The van der Waals surface area contributed by atoms with Crippen LogP contribution < -0.4 is 0 Å². The standard InChI is InChI=1S/C42H83NO6/c1-3-5-7-9-11-13-15-17-19-21-23-25-27-29-31-33-35-43(42-41(48)40(47)39(46)37(36-44)49-42)38(45)34-32-30-28-26-24-22-20-18-16-14-12-10-8-6-4-2/h37,39-42,44,46-48H,3-36H2,1-2H3/t37-,39+,40+,41-,42-/m1/s1. The Labute approximate surface area is 303 Å². The first-order chi connectivity index (χ1) is 24.0. The van der Waals surface area contributed by atoms with E-state index in [0.717, 1.165) is 38.5 Å². The Morgan fingerprint density at radius 3 is 1.14 bits per heavy atom. The van der Waals surface area contributed by atoms with Gasteiger partial charge < -0.3 is 30.1 Å². The van der Waals surface area contributed by atoms with Crippen molar-refractivity contribution in [1.29, 1.82) is 0 Å². The van der Waals surface area contributed by atoms with E-state index < -0.39 is 37.3 Å². The fraction of sp³-hybridized carbons (Fsp3) is 0.976. The van der Waals surface area contributed by atoms with Crippen LogP contribution in [0.25, 0.3) is 0 Å². The summed E-state index contributed by atoms with van der Waals surface area (Å²) < 4.78 is 5.82. The van der Waals surface area contributed by atoms with Crippen molar-refractivity contribution in [3.63, 3.8) is 0 Å². The van der Waals surface area contributed by atoms with Crippen LogP contribution in [0.2, 0.25) is 0 Å². The first kappa shape index (κ1) is 46.3. The molecule has 1 heterocycles. The minimum absolute atomic E-state index is 0.0833. The van der Waals surface area contributed by atoms with E-state index in [1.54, 1.807) is 4.90 Å². The van der Waals surface area contributed by atoms with Gasteiger partial charge in [-0.05, 0) is 12.8 Å². The molecule has 5 atom stereocenters. The first-order valence-electron chi connectivity index (χ1n) is 21.6. The van der Waals surface area contributed by atoms with E-state index in [-0.39, 0.29) is 5.91 Å². The van der Waals surface area contributed by atoms with Crippen LogP contribution in [0, 0.1) is 0 Å². The summed E-state index contributed by atoms with van der Waals surface area (Å²) in [4.78, 5) is 15.0. The van der Waals surface area contributed by atoms with Crippen LogP contribution in [-0.2, 0) is 9.53 Å². The third kappa shape index (κ3) is 23.5. The fourth-order valence-electron chi connectivity index (χ4n) is 7.35. The van der Waals surface area contributed by atoms with Crippen molar-refractivity contribution in [3.05, 3.63) is 0 Å². The predicted octanol–water partition coefficient (Wildman–Crippen LogP) is 10.1. The highest BCUT2D eigenvalue weighted by atomic mass is 16.6. The summed E-state index contributed by atoms with van der Waals surface area (Å²) in [6.07, 6.45) is 33.5. The van der Waals surface area contributed by atoms with E-state index >= 15 is 0 Å². The molecule has 0 aromatic heterocycles. The lowest BCUT2D eigenvalue weighted by Gasteiger charge is -2.44. The van der Waals surface area contributed by atoms with Gasteiger partial charge in [-0.15, -0.1) is 0 Å². The molecule has 0 unspecified atom stereocenters. The Hall–Kier alpha value is -0.730. The summed E-state index contributed by atoms with van der Waals surface area (Å²) in [6.45, 7) is 4.50. The van der Waals surface area contributed by atoms with Crippen molar-refractivity contribution in [2.75, 3.05) is 13.2 Å². The SMILES string of the molecule is CCCCCCCCCCCCCCCCCCN(C(=O)CCCCCCCCCCCCCCCCC)[C@@H]1O[C@H](CO)[C@H](O)[C@H](O)[C@H]1O. The summed E-state index contributed by atoms with van der Waals surface area (Å²) in [5, 5.41) is 41.1. The number of aliphatic hydroxyl groups excluding tert-OH is 4. The van der Waals surface area contributed by atoms with E-state index in [0.29, 0.717) is 13.0 Å². The number of nitrogens with zero attached hydrogens (tertiary/aromatic N) is 1. The van der Waals surface area contributed by atoms with E-state index in [1.807, 2.05) is 0 Å². The Balaban J connectivity index is 2.27. The first-order valence-corrected chi connectivity index (χ1v) is 21.6. The Morgan fingerprint density at radius 2 is 0.796 bits per heavy atom. The number of carbonyl (C=O) groups excluding carboxylic acids is 1. The Morgan fingerprint density at radius 1 is 0.469 bits per heavy atom. The molecule has 1 aliphatic rings. The van der Waals surface area contributed by atoms with Crippen molar-refractivity contribution >= 4 is 5.91 Å². The van der Waals surface area contributed by atoms with Gasteiger partial charge in [0.1, 0.15) is 24.4 Å². The average Bonchev–Trinajstić information content (AvgIpc) is 3.10.